The van der Waals surface area contributed by atoms with Crippen molar-refractivity contribution in [2.75, 3.05) is 13.6 Å². The first-order valence-electron chi connectivity index (χ1n) is 7.58. The minimum Gasteiger partial charge on any atom is -0.351 e. The molecule has 2 amide bonds. The molecule has 1 fully saturated rings. The van der Waals surface area contributed by atoms with Gasteiger partial charge in [-0.05, 0) is 6.92 Å². The minimum absolute atomic E-state index is 0.0329. The number of thiazole rings is 1. The first-order chi connectivity index (χ1) is 11.0. The lowest BCUT2D eigenvalue weighted by Crippen LogP contribution is -2.31. The third kappa shape index (κ3) is 3.42. The fourth-order valence-corrected chi connectivity index (χ4v) is 3.65. The van der Waals surface area contributed by atoms with Crippen molar-refractivity contribution in [3.05, 3.63) is 40.9 Å². The summed E-state index contributed by atoms with van der Waals surface area (Å²) in [6, 6.07) is 10.0. The number of carbonyl (C=O) groups excluding carboxylic acids is 2. The van der Waals surface area contributed by atoms with Crippen LogP contribution in [0.1, 0.15) is 17.0 Å². The van der Waals surface area contributed by atoms with E-state index in [-0.39, 0.29) is 17.7 Å². The molecule has 1 aliphatic rings. The Kier molecular flexibility index (Phi) is 4.43. The monoisotopic (exact) mass is 329 g/mol. The van der Waals surface area contributed by atoms with Crippen LogP contribution in [0.5, 0.6) is 0 Å². The summed E-state index contributed by atoms with van der Waals surface area (Å²) in [4.78, 5) is 31.0. The molecule has 120 valence electrons. The number of likely N-dealkylation sites (tertiary alicyclic amines) is 1. The van der Waals surface area contributed by atoms with Crippen LogP contribution in [0, 0.1) is 12.8 Å². The minimum atomic E-state index is -0.241. The van der Waals surface area contributed by atoms with Crippen molar-refractivity contribution in [1.82, 2.24) is 15.2 Å². The predicted octanol–water partition coefficient (Wildman–Crippen LogP) is 2.21. The van der Waals surface area contributed by atoms with E-state index in [4.69, 9.17) is 0 Å². The SMILES string of the molecule is Cc1nc(-c2ccccc2)sc1CNC(=O)C1CC(=O)N(C)C1. The van der Waals surface area contributed by atoms with Crippen molar-refractivity contribution in [3.63, 3.8) is 0 Å². The van der Waals surface area contributed by atoms with Crippen molar-refractivity contribution >= 4 is 23.2 Å². The topological polar surface area (TPSA) is 62.3 Å². The highest BCUT2D eigenvalue weighted by Gasteiger charge is 2.31. The second-order valence-corrected chi connectivity index (χ2v) is 6.87. The molecular formula is C17H19N3O2S. The van der Waals surface area contributed by atoms with Crippen LogP contribution in [0.3, 0.4) is 0 Å². The number of carbonyl (C=O) groups is 2. The number of benzene rings is 1. The van der Waals surface area contributed by atoms with Gasteiger partial charge in [0.25, 0.3) is 0 Å². The van der Waals surface area contributed by atoms with Crippen molar-refractivity contribution in [2.24, 2.45) is 5.92 Å². The molecule has 6 heteroatoms. The van der Waals surface area contributed by atoms with Gasteiger partial charge in [-0.25, -0.2) is 4.98 Å². The number of rotatable bonds is 4. The molecule has 1 aromatic carbocycles. The Bertz CT molecular complexity index is 727. The van der Waals surface area contributed by atoms with Gasteiger partial charge in [-0.15, -0.1) is 11.3 Å². The molecule has 3 rings (SSSR count). The molecular weight excluding hydrogens is 310 g/mol. The highest BCUT2D eigenvalue weighted by molar-refractivity contribution is 7.15. The third-order valence-electron chi connectivity index (χ3n) is 4.05. The van der Waals surface area contributed by atoms with E-state index in [9.17, 15) is 9.59 Å². The lowest BCUT2D eigenvalue weighted by atomic mass is 10.1. The summed E-state index contributed by atoms with van der Waals surface area (Å²) in [6.45, 7) is 2.92. The summed E-state index contributed by atoms with van der Waals surface area (Å²) in [5.74, 6) is -0.267. The quantitative estimate of drug-likeness (QED) is 0.935. The molecule has 1 saturated heterocycles. The van der Waals surface area contributed by atoms with E-state index in [2.05, 4.69) is 10.3 Å². The van der Waals surface area contributed by atoms with Gasteiger partial charge in [0, 0.05) is 30.5 Å². The summed E-state index contributed by atoms with van der Waals surface area (Å²) in [5.41, 5.74) is 2.02. The fourth-order valence-electron chi connectivity index (χ4n) is 2.65. The summed E-state index contributed by atoms with van der Waals surface area (Å²) in [6.07, 6.45) is 0.305. The normalized spacial score (nSPS) is 17.6. The van der Waals surface area contributed by atoms with Crippen LogP contribution in [0.4, 0.5) is 0 Å². The largest absolute Gasteiger partial charge is 0.351 e. The average molecular weight is 329 g/mol. The number of nitrogens with zero attached hydrogens (tertiary/aromatic N) is 2. The Morgan fingerprint density at radius 1 is 1.39 bits per heavy atom. The van der Waals surface area contributed by atoms with Crippen molar-refractivity contribution < 1.29 is 9.59 Å². The Balaban J connectivity index is 1.64. The van der Waals surface area contributed by atoms with Gasteiger partial charge in [0.2, 0.25) is 11.8 Å². The molecule has 1 atom stereocenters. The highest BCUT2D eigenvalue weighted by atomic mass is 32.1. The summed E-state index contributed by atoms with van der Waals surface area (Å²) < 4.78 is 0. The smallest absolute Gasteiger partial charge is 0.225 e. The number of nitrogens with one attached hydrogen (secondary N) is 1. The Morgan fingerprint density at radius 2 is 2.13 bits per heavy atom. The molecule has 5 nitrogen and oxygen atoms in total. The maximum absolute atomic E-state index is 12.2. The molecule has 1 unspecified atom stereocenters. The molecule has 23 heavy (non-hydrogen) atoms. The maximum atomic E-state index is 12.2. The molecule has 1 aromatic heterocycles. The van der Waals surface area contributed by atoms with Crippen molar-refractivity contribution in [3.8, 4) is 10.6 Å². The Labute approximate surface area is 139 Å². The van der Waals surface area contributed by atoms with Gasteiger partial charge in [-0.1, -0.05) is 30.3 Å². The number of hydrogen-bond donors (Lipinski definition) is 1. The van der Waals surface area contributed by atoms with E-state index < -0.39 is 0 Å². The number of hydrogen-bond acceptors (Lipinski definition) is 4. The first kappa shape index (κ1) is 15.7. The van der Waals surface area contributed by atoms with E-state index in [1.54, 1.807) is 23.3 Å². The van der Waals surface area contributed by atoms with Crippen LogP contribution < -0.4 is 5.32 Å². The molecule has 2 heterocycles. The molecule has 0 bridgehead atoms. The van der Waals surface area contributed by atoms with Gasteiger partial charge in [-0.2, -0.15) is 0 Å². The lowest BCUT2D eigenvalue weighted by Gasteiger charge is -2.10. The zero-order valence-electron chi connectivity index (χ0n) is 13.2. The van der Waals surface area contributed by atoms with E-state index in [0.717, 1.165) is 21.1 Å². The van der Waals surface area contributed by atoms with Gasteiger partial charge in [0.1, 0.15) is 5.01 Å². The lowest BCUT2D eigenvalue weighted by molar-refractivity contribution is -0.128. The second kappa shape index (κ2) is 6.50. The first-order valence-corrected chi connectivity index (χ1v) is 8.39. The van der Waals surface area contributed by atoms with E-state index in [1.807, 2.05) is 37.3 Å². The van der Waals surface area contributed by atoms with Gasteiger partial charge < -0.3 is 10.2 Å². The molecule has 0 aliphatic carbocycles. The predicted molar refractivity (Wildman–Crippen MR) is 89.9 cm³/mol. The Hall–Kier alpha value is -2.21. The van der Waals surface area contributed by atoms with Gasteiger partial charge in [0.15, 0.2) is 0 Å². The number of aromatic nitrogens is 1. The molecule has 0 saturated carbocycles. The van der Waals surface area contributed by atoms with Crippen molar-refractivity contribution in [2.45, 2.75) is 19.9 Å². The molecule has 0 spiro atoms. The van der Waals surface area contributed by atoms with Gasteiger partial charge in [-0.3, -0.25) is 9.59 Å². The van der Waals surface area contributed by atoms with Gasteiger partial charge in [0.05, 0.1) is 18.2 Å². The maximum Gasteiger partial charge on any atom is 0.225 e. The zero-order valence-corrected chi connectivity index (χ0v) is 14.0. The Morgan fingerprint density at radius 3 is 2.78 bits per heavy atom. The number of aryl methyl sites for hydroxylation is 1. The summed E-state index contributed by atoms with van der Waals surface area (Å²) in [7, 11) is 1.73. The van der Waals surface area contributed by atoms with Crippen LogP contribution in [-0.2, 0) is 16.1 Å². The van der Waals surface area contributed by atoms with Gasteiger partial charge >= 0.3 is 0 Å². The second-order valence-electron chi connectivity index (χ2n) is 5.79. The molecule has 1 aliphatic heterocycles. The third-order valence-corrected chi connectivity index (χ3v) is 5.25. The highest BCUT2D eigenvalue weighted by Crippen LogP contribution is 2.27. The summed E-state index contributed by atoms with van der Waals surface area (Å²) in [5, 5.41) is 3.90. The van der Waals surface area contributed by atoms with Crippen LogP contribution in [0.2, 0.25) is 0 Å². The van der Waals surface area contributed by atoms with E-state index >= 15 is 0 Å². The van der Waals surface area contributed by atoms with E-state index in [1.165, 1.54) is 0 Å². The fraction of sp³-hybridized carbons (Fsp3) is 0.353. The van der Waals surface area contributed by atoms with Crippen LogP contribution in [0.25, 0.3) is 10.6 Å². The summed E-state index contributed by atoms with van der Waals surface area (Å²) >= 11 is 1.60. The van der Waals surface area contributed by atoms with Crippen molar-refractivity contribution in [1.29, 1.82) is 0 Å². The molecule has 1 N–H and O–H groups in total. The van der Waals surface area contributed by atoms with E-state index in [0.29, 0.717) is 19.5 Å². The standard InChI is InChI=1S/C17H19N3O2S/c1-11-14(23-17(19-11)12-6-4-3-5-7-12)9-18-16(22)13-8-15(21)20(2)10-13/h3-7,13H,8-10H2,1-2H3,(H,18,22). The van der Waals surface area contributed by atoms with Crippen LogP contribution >= 0.6 is 11.3 Å². The molecule has 2 aromatic rings. The van der Waals surface area contributed by atoms with Crippen LogP contribution in [-0.4, -0.2) is 35.3 Å². The average Bonchev–Trinajstić information content (AvgIpc) is 3.09. The zero-order chi connectivity index (χ0) is 16.4. The number of amides is 2. The van der Waals surface area contributed by atoms with Crippen LogP contribution in [0.15, 0.2) is 30.3 Å². The molecule has 0 radical (unpaired) electrons.